The van der Waals surface area contributed by atoms with Gasteiger partial charge < -0.3 is 19.2 Å². The van der Waals surface area contributed by atoms with E-state index in [0.29, 0.717) is 18.7 Å². The van der Waals surface area contributed by atoms with Gasteiger partial charge in [-0.1, -0.05) is 18.2 Å². The van der Waals surface area contributed by atoms with Crippen molar-refractivity contribution in [1.29, 1.82) is 0 Å². The normalized spacial score (nSPS) is 15.5. The first-order chi connectivity index (χ1) is 15.2. The first-order valence-electron chi connectivity index (χ1n) is 10.9. The fourth-order valence-corrected chi connectivity index (χ4v) is 4.85. The maximum Gasteiger partial charge on any atom is 0.339 e. The molecule has 0 bridgehead atoms. The maximum atomic E-state index is 13.9. The van der Waals surface area contributed by atoms with Crippen LogP contribution in [0.4, 0.5) is 5.69 Å². The number of hydrogen-bond donors (Lipinski definition) is 1. The SMILES string of the molecule is O=C(c1c(OCCO)ccc2c3c(c(=O)oc12)CCCC3)N1CCCc2ccccc21. The molecule has 1 aliphatic heterocycles. The molecule has 6 nitrogen and oxygen atoms in total. The number of carbonyl (C=O) groups excluding carboxylic acids is 1. The van der Waals surface area contributed by atoms with Crippen molar-refractivity contribution in [3.63, 3.8) is 0 Å². The third-order valence-corrected chi connectivity index (χ3v) is 6.27. The second kappa shape index (κ2) is 8.19. The van der Waals surface area contributed by atoms with E-state index in [1.165, 1.54) is 0 Å². The highest BCUT2D eigenvalue weighted by molar-refractivity contribution is 6.15. The smallest absolute Gasteiger partial charge is 0.339 e. The summed E-state index contributed by atoms with van der Waals surface area (Å²) in [5.74, 6) is 0.0816. The molecule has 1 aliphatic carbocycles. The Labute approximate surface area is 180 Å². The number of aliphatic hydroxyl groups excluding tert-OH is 1. The topological polar surface area (TPSA) is 80.0 Å². The van der Waals surface area contributed by atoms with Crippen LogP contribution in [0.25, 0.3) is 11.0 Å². The summed E-state index contributed by atoms with van der Waals surface area (Å²) in [5.41, 5.74) is 3.89. The fraction of sp³-hybridized carbons (Fsp3) is 0.360. The molecule has 2 aliphatic rings. The molecule has 1 aromatic heterocycles. The largest absolute Gasteiger partial charge is 0.490 e. The second-order valence-corrected chi connectivity index (χ2v) is 8.13. The number of rotatable bonds is 4. The van der Waals surface area contributed by atoms with Crippen molar-refractivity contribution in [2.45, 2.75) is 38.5 Å². The van der Waals surface area contributed by atoms with E-state index in [1.54, 1.807) is 11.0 Å². The van der Waals surface area contributed by atoms with Gasteiger partial charge in [0.1, 0.15) is 17.9 Å². The molecule has 31 heavy (non-hydrogen) atoms. The van der Waals surface area contributed by atoms with Gasteiger partial charge in [0, 0.05) is 23.2 Å². The highest BCUT2D eigenvalue weighted by Gasteiger charge is 2.30. The van der Waals surface area contributed by atoms with Crippen molar-refractivity contribution in [2.24, 2.45) is 0 Å². The number of aliphatic hydroxyl groups is 1. The molecule has 0 saturated carbocycles. The average Bonchev–Trinajstić information content (AvgIpc) is 2.81. The van der Waals surface area contributed by atoms with Gasteiger partial charge in [-0.3, -0.25) is 4.79 Å². The quantitative estimate of drug-likeness (QED) is 0.653. The Morgan fingerprint density at radius 2 is 1.84 bits per heavy atom. The second-order valence-electron chi connectivity index (χ2n) is 8.13. The summed E-state index contributed by atoms with van der Waals surface area (Å²) in [5, 5.41) is 10.1. The average molecular weight is 419 g/mol. The molecule has 6 heteroatoms. The van der Waals surface area contributed by atoms with Crippen LogP contribution in [0.2, 0.25) is 0 Å². The molecule has 1 amide bonds. The van der Waals surface area contributed by atoms with E-state index < -0.39 is 0 Å². The highest BCUT2D eigenvalue weighted by Crippen LogP contribution is 2.36. The predicted molar refractivity (Wildman–Crippen MR) is 118 cm³/mol. The zero-order chi connectivity index (χ0) is 21.4. The van der Waals surface area contributed by atoms with Crippen LogP contribution in [-0.2, 0) is 19.3 Å². The fourth-order valence-electron chi connectivity index (χ4n) is 4.85. The first kappa shape index (κ1) is 19.8. The first-order valence-corrected chi connectivity index (χ1v) is 10.9. The van der Waals surface area contributed by atoms with Crippen LogP contribution in [0.1, 0.15) is 46.3 Å². The third-order valence-electron chi connectivity index (χ3n) is 6.27. The van der Waals surface area contributed by atoms with Crippen molar-refractivity contribution < 1.29 is 19.1 Å². The highest BCUT2D eigenvalue weighted by atomic mass is 16.5. The van der Waals surface area contributed by atoms with E-state index in [2.05, 4.69) is 0 Å². The Kier molecular flexibility index (Phi) is 5.24. The van der Waals surface area contributed by atoms with Crippen molar-refractivity contribution in [2.75, 3.05) is 24.7 Å². The van der Waals surface area contributed by atoms with E-state index in [4.69, 9.17) is 9.15 Å². The molecular weight excluding hydrogens is 394 g/mol. The molecule has 0 saturated heterocycles. The number of nitrogens with zero attached hydrogens (tertiary/aromatic N) is 1. The molecule has 0 atom stereocenters. The molecular formula is C25H25NO5. The minimum atomic E-state index is -0.366. The number of anilines is 1. The lowest BCUT2D eigenvalue weighted by atomic mass is 9.89. The summed E-state index contributed by atoms with van der Waals surface area (Å²) in [4.78, 5) is 28.4. The summed E-state index contributed by atoms with van der Waals surface area (Å²) in [7, 11) is 0. The number of hydrogen-bond acceptors (Lipinski definition) is 5. The Bertz CT molecular complexity index is 1210. The van der Waals surface area contributed by atoms with Crippen LogP contribution in [0.15, 0.2) is 45.6 Å². The number of benzene rings is 2. The number of carbonyl (C=O) groups is 1. The number of para-hydroxylation sites is 1. The van der Waals surface area contributed by atoms with Crippen molar-refractivity contribution in [3.8, 4) is 5.75 Å². The molecule has 0 fully saturated rings. The molecule has 2 heterocycles. The standard InChI is InChI=1S/C25H25NO5/c27-14-15-30-21-12-11-18-17-8-2-3-9-19(17)25(29)31-23(18)22(21)24(28)26-13-5-7-16-6-1-4-10-20(16)26/h1,4,6,10-12,27H,2-3,5,7-9,13-15H2. The van der Waals surface area contributed by atoms with E-state index in [-0.39, 0.29) is 35.9 Å². The van der Waals surface area contributed by atoms with Gasteiger partial charge in [0.2, 0.25) is 0 Å². The summed E-state index contributed by atoms with van der Waals surface area (Å²) in [6.45, 7) is 0.463. The summed E-state index contributed by atoms with van der Waals surface area (Å²) >= 11 is 0. The van der Waals surface area contributed by atoms with E-state index in [1.807, 2.05) is 30.3 Å². The minimum absolute atomic E-state index is 0.0531. The van der Waals surface area contributed by atoms with Gasteiger partial charge in [-0.15, -0.1) is 0 Å². The van der Waals surface area contributed by atoms with Gasteiger partial charge in [-0.25, -0.2) is 4.79 Å². The number of ether oxygens (including phenoxy) is 1. The number of amides is 1. The van der Waals surface area contributed by atoms with Gasteiger partial charge in [0.05, 0.1) is 6.61 Å². The lowest BCUT2D eigenvalue weighted by Gasteiger charge is -2.30. The number of aryl methyl sites for hydroxylation is 2. The molecule has 0 spiro atoms. The Morgan fingerprint density at radius 3 is 2.68 bits per heavy atom. The predicted octanol–water partition coefficient (Wildman–Crippen LogP) is 3.64. The Hall–Kier alpha value is -3.12. The van der Waals surface area contributed by atoms with Gasteiger partial charge in [0.15, 0.2) is 5.58 Å². The minimum Gasteiger partial charge on any atom is -0.490 e. The molecule has 1 N–H and O–H groups in total. The molecule has 3 aromatic rings. The van der Waals surface area contributed by atoms with Gasteiger partial charge in [0.25, 0.3) is 5.91 Å². The van der Waals surface area contributed by atoms with E-state index in [9.17, 15) is 14.7 Å². The lowest BCUT2D eigenvalue weighted by Crippen LogP contribution is -2.36. The van der Waals surface area contributed by atoms with Crippen LogP contribution in [0, 0.1) is 0 Å². The van der Waals surface area contributed by atoms with E-state index >= 15 is 0 Å². The lowest BCUT2D eigenvalue weighted by molar-refractivity contribution is 0.0980. The molecule has 160 valence electrons. The van der Waals surface area contributed by atoms with E-state index in [0.717, 1.165) is 59.9 Å². The van der Waals surface area contributed by atoms with Gasteiger partial charge in [-0.05, 0) is 67.9 Å². The zero-order valence-electron chi connectivity index (χ0n) is 17.4. The molecule has 2 aromatic carbocycles. The van der Waals surface area contributed by atoms with Crippen molar-refractivity contribution in [1.82, 2.24) is 0 Å². The van der Waals surface area contributed by atoms with Crippen LogP contribution >= 0.6 is 0 Å². The van der Waals surface area contributed by atoms with Gasteiger partial charge in [-0.2, -0.15) is 0 Å². The summed E-state index contributed by atoms with van der Waals surface area (Å²) < 4.78 is 11.5. The molecule has 5 rings (SSSR count). The van der Waals surface area contributed by atoms with Crippen LogP contribution in [-0.4, -0.2) is 30.8 Å². The third kappa shape index (κ3) is 3.41. The van der Waals surface area contributed by atoms with Crippen LogP contribution < -0.4 is 15.3 Å². The van der Waals surface area contributed by atoms with Crippen LogP contribution in [0.3, 0.4) is 0 Å². The molecule has 0 radical (unpaired) electrons. The summed E-state index contributed by atoms with van der Waals surface area (Å²) in [6.07, 6.45) is 5.27. The molecule has 0 unspecified atom stereocenters. The van der Waals surface area contributed by atoms with Crippen molar-refractivity contribution in [3.05, 3.63) is 69.1 Å². The number of fused-ring (bicyclic) bond motifs is 4. The maximum absolute atomic E-state index is 13.9. The van der Waals surface area contributed by atoms with Crippen molar-refractivity contribution >= 4 is 22.6 Å². The monoisotopic (exact) mass is 419 g/mol. The Morgan fingerprint density at radius 1 is 1.03 bits per heavy atom. The summed E-state index contributed by atoms with van der Waals surface area (Å²) in [6, 6.07) is 11.5. The van der Waals surface area contributed by atoms with Crippen LogP contribution in [0.5, 0.6) is 5.75 Å². The Balaban J connectivity index is 1.72. The van der Waals surface area contributed by atoms with Gasteiger partial charge >= 0.3 is 5.63 Å². The zero-order valence-corrected chi connectivity index (χ0v) is 17.4.